The molecular formula is C21H16BrClF3N3O2. The number of hydrogen-bond donors (Lipinski definition) is 0. The molecule has 0 saturated heterocycles. The maximum atomic E-state index is 13.2. The second kappa shape index (κ2) is 8.64. The zero-order valence-corrected chi connectivity index (χ0v) is 18.3. The van der Waals surface area contributed by atoms with E-state index in [0.717, 1.165) is 17.3 Å². The van der Waals surface area contributed by atoms with Crippen LogP contribution in [-0.4, -0.2) is 20.6 Å². The van der Waals surface area contributed by atoms with Crippen LogP contribution in [0.25, 0.3) is 0 Å². The van der Waals surface area contributed by atoms with E-state index in [-0.39, 0.29) is 23.9 Å². The Bertz CT molecular complexity index is 1160. The molecule has 1 aromatic heterocycles. The SMILES string of the molecule is O=c1c(Oc2ccc(Br)c(Cl)c2)cnc(CN2Cc3ccccc3C2)n1CC(F)(F)F. The first-order chi connectivity index (χ1) is 14.7. The molecule has 0 atom stereocenters. The van der Waals surface area contributed by atoms with Crippen molar-refractivity contribution in [2.24, 2.45) is 0 Å². The van der Waals surface area contributed by atoms with Crippen LogP contribution in [0.5, 0.6) is 11.5 Å². The predicted octanol–water partition coefficient (Wildman–Crippen LogP) is 5.53. The lowest BCUT2D eigenvalue weighted by Gasteiger charge is -2.19. The number of benzene rings is 2. The van der Waals surface area contributed by atoms with Crippen molar-refractivity contribution in [3.63, 3.8) is 0 Å². The van der Waals surface area contributed by atoms with Crippen molar-refractivity contribution in [2.75, 3.05) is 0 Å². The largest absolute Gasteiger partial charge is 0.450 e. The Kier molecular flexibility index (Phi) is 6.09. The van der Waals surface area contributed by atoms with Crippen LogP contribution in [0.2, 0.25) is 5.02 Å². The molecular weight excluding hydrogens is 499 g/mol. The molecule has 2 aromatic carbocycles. The summed E-state index contributed by atoms with van der Waals surface area (Å²) in [5, 5.41) is 0.339. The van der Waals surface area contributed by atoms with Crippen molar-refractivity contribution >= 4 is 27.5 Å². The van der Waals surface area contributed by atoms with Crippen molar-refractivity contribution in [3.05, 3.63) is 85.5 Å². The Morgan fingerprint density at radius 2 is 1.81 bits per heavy atom. The van der Waals surface area contributed by atoms with Gasteiger partial charge in [0.05, 0.1) is 17.8 Å². The van der Waals surface area contributed by atoms with Gasteiger partial charge in [-0.05, 0) is 39.2 Å². The Labute approximate surface area is 189 Å². The summed E-state index contributed by atoms with van der Waals surface area (Å²) < 4.78 is 46.4. The van der Waals surface area contributed by atoms with E-state index in [9.17, 15) is 18.0 Å². The second-order valence-corrected chi connectivity index (χ2v) is 8.40. The van der Waals surface area contributed by atoms with Crippen LogP contribution in [-0.2, 0) is 26.2 Å². The molecule has 2 heterocycles. The Morgan fingerprint density at radius 1 is 1.13 bits per heavy atom. The zero-order chi connectivity index (χ0) is 22.2. The molecule has 0 radical (unpaired) electrons. The lowest BCUT2D eigenvalue weighted by Crippen LogP contribution is -2.34. The van der Waals surface area contributed by atoms with E-state index in [1.54, 1.807) is 12.1 Å². The molecule has 4 rings (SSSR count). The molecule has 3 aromatic rings. The summed E-state index contributed by atoms with van der Waals surface area (Å²) in [6.45, 7) is -0.195. The van der Waals surface area contributed by atoms with E-state index in [2.05, 4.69) is 20.9 Å². The standard InChI is InChI=1S/C21H16BrClF3N3O2/c22-16-6-5-15(7-17(16)23)31-18-8-27-19(29(20(18)30)12-21(24,25)26)11-28-9-13-3-1-2-4-14(13)10-28/h1-8H,9-12H2. The summed E-state index contributed by atoms with van der Waals surface area (Å²) in [6, 6.07) is 12.4. The highest BCUT2D eigenvalue weighted by Gasteiger charge is 2.31. The van der Waals surface area contributed by atoms with Gasteiger partial charge in [0.15, 0.2) is 0 Å². The summed E-state index contributed by atoms with van der Waals surface area (Å²) in [5.74, 6) is -0.0687. The molecule has 0 aliphatic carbocycles. The first-order valence-corrected chi connectivity index (χ1v) is 10.4. The van der Waals surface area contributed by atoms with E-state index in [0.29, 0.717) is 27.2 Å². The molecule has 0 spiro atoms. The molecule has 1 aliphatic rings. The third-order valence-electron chi connectivity index (χ3n) is 4.83. The molecule has 0 N–H and O–H groups in total. The van der Waals surface area contributed by atoms with E-state index in [1.807, 2.05) is 29.2 Å². The van der Waals surface area contributed by atoms with Crippen LogP contribution >= 0.6 is 27.5 Å². The van der Waals surface area contributed by atoms with Gasteiger partial charge in [0.25, 0.3) is 5.56 Å². The average molecular weight is 515 g/mol. The minimum Gasteiger partial charge on any atom is -0.450 e. The van der Waals surface area contributed by atoms with E-state index >= 15 is 0 Å². The molecule has 5 nitrogen and oxygen atoms in total. The third-order valence-corrected chi connectivity index (χ3v) is 6.06. The van der Waals surface area contributed by atoms with Gasteiger partial charge in [-0.15, -0.1) is 0 Å². The second-order valence-electron chi connectivity index (χ2n) is 7.14. The van der Waals surface area contributed by atoms with Crippen molar-refractivity contribution in [2.45, 2.75) is 32.4 Å². The van der Waals surface area contributed by atoms with Crippen molar-refractivity contribution in [1.82, 2.24) is 14.5 Å². The molecule has 0 fully saturated rings. The smallest absolute Gasteiger partial charge is 0.406 e. The number of nitrogens with zero attached hydrogens (tertiary/aromatic N) is 3. The quantitative estimate of drug-likeness (QED) is 0.449. The highest BCUT2D eigenvalue weighted by atomic mass is 79.9. The van der Waals surface area contributed by atoms with Gasteiger partial charge >= 0.3 is 6.18 Å². The predicted molar refractivity (Wildman–Crippen MR) is 113 cm³/mol. The van der Waals surface area contributed by atoms with Gasteiger partial charge < -0.3 is 4.74 Å². The fourth-order valence-electron chi connectivity index (χ4n) is 3.43. The summed E-state index contributed by atoms with van der Waals surface area (Å²) in [5.41, 5.74) is 1.32. The Morgan fingerprint density at radius 3 is 2.42 bits per heavy atom. The number of hydrogen-bond acceptors (Lipinski definition) is 4. The van der Waals surface area contributed by atoms with Crippen LogP contribution < -0.4 is 10.3 Å². The lowest BCUT2D eigenvalue weighted by atomic mass is 10.1. The van der Waals surface area contributed by atoms with Crippen LogP contribution in [0, 0.1) is 0 Å². The molecule has 0 saturated carbocycles. The normalized spacial score (nSPS) is 14.0. The lowest BCUT2D eigenvalue weighted by molar-refractivity contribution is -0.142. The van der Waals surface area contributed by atoms with Gasteiger partial charge in [0, 0.05) is 23.6 Å². The first kappa shape index (κ1) is 21.9. The van der Waals surface area contributed by atoms with Crippen LogP contribution in [0.1, 0.15) is 17.0 Å². The summed E-state index contributed by atoms with van der Waals surface area (Å²) >= 11 is 9.26. The van der Waals surface area contributed by atoms with Gasteiger partial charge in [0.2, 0.25) is 5.75 Å². The average Bonchev–Trinajstić information content (AvgIpc) is 3.11. The maximum absolute atomic E-state index is 13.2. The first-order valence-electron chi connectivity index (χ1n) is 9.27. The molecule has 1 aliphatic heterocycles. The molecule has 162 valence electrons. The number of aromatic nitrogens is 2. The monoisotopic (exact) mass is 513 g/mol. The summed E-state index contributed by atoms with van der Waals surface area (Å²) in [4.78, 5) is 18.9. The maximum Gasteiger partial charge on any atom is 0.406 e. The zero-order valence-electron chi connectivity index (χ0n) is 16.0. The summed E-state index contributed by atoms with van der Waals surface area (Å²) in [6.07, 6.45) is -3.43. The third kappa shape index (κ3) is 5.11. The topological polar surface area (TPSA) is 47.4 Å². The van der Waals surface area contributed by atoms with Crippen LogP contribution in [0.4, 0.5) is 13.2 Å². The molecule has 0 unspecified atom stereocenters. The van der Waals surface area contributed by atoms with Gasteiger partial charge in [-0.3, -0.25) is 14.3 Å². The molecule has 0 amide bonds. The van der Waals surface area contributed by atoms with Gasteiger partial charge in [-0.1, -0.05) is 35.9 Å². The van der Waals surface area contributed by atoms with Gasteiger partial charge in [-0.2, -0.15) is 13.2 Å². The molecule has 0 bridgehead atoms. The number of halogens is 5. The van der Waals surface area contributed by atoms with E-state index < -0.39 is 18.3 Å². The van der Waals surface area contributed by atoms with Crippen LogP contribution in [0.3, 0.4) is 0 Å². The number of alkyl halides is 3. The Balaban J connectivity index is 1.63. The fourth-order valence-corrected chi connectivity index (χ4v) is 3.85. The van der Waals surface area contributed by atoms with Crippen LogP contribution in [0.15, 0.2) is 57.9 Å². The minimum atomic E-state index is -4.59. The summed E-state index contributed by atoms with van der Waals surface area (Å²) in [7, 11) is 0. The van der Waals surface area contributed by atoms with Crippen molar-refractivity contribution < 1.29 is 17.9 Å². The minimum absolute atomic E-state index is 0.0244. The van der Waals surface area contributed by atoms with Crippen molar-refractivity contribution in [3.8, 4) is 11.5 Å². The van der Waals surface area contributed by atoms with E-state index in [1.165, 1.54) is 6.07 Å². The van der Waals surface area contributed by atoms with Gasteiger partial charge in [0.1, 0.15) is 18.1 Å². The number of fused-ring (bicyclic) bond motifs is 1. The van der Waals surface area contributed by atoms with Gasteiger partial charge in [-0.25, -0.2) is 4.98 Å². The Hall–Kier alpha value is -2.36. The fraction of sp³-hybridized carbons (Fsp3) is 0.238. The number of ether oxygens (including phenoxy) is 1. The highest BCUT2D eigenvalue weighted by Crippen LogP contribution is 2.29. The van der Waals surface area contributed by atoms with E-state index in [4.69, 9.17) is 16.3 Å². The van der Waals surface area contributed by atoms with Crippen molar-refractivity contribution in [1.29, 1.82) is 0 Å². The molecule has 10 heteroatoms. The molecule has 31 heavy (non-hydrogen) atoms. The highest BCUT2D eigenvalue weighted by molar-refractivity contribution is 9.10. The number of rotatable bonds is 5.